The fraction of sp³-hybridized carbons (Fsp3) is 0. The molecule has 3 aromatic rings. The molecule has 1 aromatic heterocycles. The smallest absolute Gasteiger partial charge is 0.128 e. The van der Waals surface area contributed by atoms with Crippen LogP contribution in [0.1, 0.15) is 0 Å². The van der Waals surface area contributed by atoms with Gasteiger partial charge in [-0.2, -0.15) is 11.3 Å². The van der Waals surface area contributed by atoms with Crippen LogP contribution in [-0.2, 0) is 0 Å². The van der Waals surface area contributed by atoms with E-state index < -0.39 is 0 Å². The van der Waals surface area contributed by atoms with Crippen molar-refractivity contribution in [2.75, 3.05) is 0 Å². The van der Waals surface area contributed by atoms with E-state index in [1.807, 2.05) is 6.07 Å². The van der Waals surface area contributed by atoms with Gasteiger partial charge in [-0.1, -0.05) is 30.3 Å². The second kappa shape index (κ2) is 2.86. The van der Waals surface area contributed by atoms with Crippen LogP contribution in [0.15, 0.2) is 42.5 Å². The van der Waals surface area contributed by atoms with Crippen LogP contribution in [-0.4, -0.2) is 7.85 Å². The summed E-state index contributed by atoms with van der Waals surface area (Å²) in [6.45, 7) is 0. The first-order valence-corrected chi connectivity index (χ1v) is 5.32. The molecule has 0 saturated heterocycles. The minimum Gasteiger partial charge on any atom is -0.152 e. The SMILES string of the molecule is [B]c1cc2cc3ccccc3cc2s1. The second-order valence-corrected chi connectivity index (χ2v) is 4.50. The third kappa shape index (κ3) is 1.15. The monoisotopic (exact) mass is 194 g/mol. The molecule has 2 aromatic carbocycles. The molecule has 64 valence electrons. The Morgan fingerprint density at radius 1 is 0.857 bits per heavy atom. The maximum Gasteiger partial charge on any atom is 0.128 e. The number of hydrogen-bond acceptors (Lipinski definition) is 1. The number of benzene rings is 2. The molecule has 0 aliphatic heterocycles. The van der Waals surface area contributed by atoms with Crippen LogP contribution in [0.2, 0.25) is 0 Å². The number of thiophene rings is 1. The first-order chi connectivity index (χ1) is 6.83. The molecule has 0 nitrogen and oxygen atoms in total. The molecule has 1 heterocycles. The van der Waals surface area contributed by atoms with Crippen LogP contribution >= 0.6 is 11.3 Å². The molecule has 0 fully saturated rings. The van der Waals surface area contributed by atoms with E-state index >= 15 is 0 Å². The Labute approximate surface area is 87.6 Å². The highest BCUT2D eigenvalue weighted by Gasteiger charge is 1.99. The van der Waals surface area contributed by atoms with Crippen LogP contribution in [0.3, 0.4) is 0 Å². The molecular formula is C12H7BS. The molecule has 0 amide bonds. The van der Waals surface area contributed by atoms with Gasteiger partial charge in [0.1, 0.15) is 7.85 Å². The molecule has 2 heteroatoms. The standard InChI is InChI=1S/C12H7BS/c13-12-7-10-5-8-3-1-2-4-9(8)6-11(10)14-12/h1-7H. The Kier molecular flexibility index (Phi) is 1.65. The van der Waals surface area contributed by atoms with Crippen LogP contribution in [0.5, 0.6) is 0 Å². The quantitative estimate of drug-likeness (QED) is 0.482. The highest BCUT2D eigenvalue weighted by atomic mass is 32.1. The van der Waals surface area contributed by atoms with Gasteiger partial charge in [-0.05, 0) is 33.1 Å². The normalized spacial score (nSPS) is 11.1. The summed E-state index contributed by atoms with van der Waals surface area (Å²) in [4.78, 5) is 0. The minimum atomic E-state index is 0.885. The van der Waals surface area contributed by atoms with Gasteiger partial charge < -0.3 is 0 Å². The van der Waals surface area contributed by atoms with E-state index in [4.69, 9.17) is 7.85 Å². The summed E-state index contributed by atoms with van der Waals surface area (Å²) in [6, 6.07) is 14.8. The molecule has 0 bridgehead atoms. The van der Waals surface area contributed by atoms with Gasteiger partial charge in [-0.3, -0.25) is 0 Å². The zero-order valence-corrected chi connectivity index (χ0v) is 8.34. The highest BCUT2D eigenvalue weighted by molar-refractivity contribution is 7.26. The van der Waals surface area contributed by atoms with Gasteiger partial charge in [0.25, 0.3) is 0 Å². The van der Waals surface area contributed by atoms with E-state index in [0.717, 1.165) is 4.78 Å². The van der Waals surface area contributed by atoms with E-state index in [0.29, 0.717) is 0 Å². The molecule has 0 aliphatic rings. The van der Waals surface area contributed by atoms with Gasteiger partial charge in [0.05, 0.1) is 0 Å². The van der Waals surface area contributed by atoms with Crippen molar-refractivity contribution >= 4 is 44.8 Å². The van der Waals surface area contributed by atoms with Crippen molar-refractivity contribution in [1.82, 2.24) is 0 Å². The van der Waals surface area contributed by atoms with E-state index in [2.05, 4.69) is 36.4 Å². The summed E-state index contributed by atoms with van der Waals surface area (Å²) < 4.78 is 2.15. The van der Waals surface area contributed by atoms with E-state index in [1.165, 1.54) is 20.9 Å². The zero-order chi connectivity index (χ0) is 9.54. The molecule has 0 unspecified atom stereocenters. The maximum absolute atomic E-state index is 5.77. The lowest BCUT2D eigenvalue weighted by molar-refractivity contribution is 1.81. The molecule has 0 aliphatic carbocycles. The van der Waals surface area contributed by atoms with Gasteiger partial charge in [0, 0.05) is 4.70 Å². The van der Waals surface area contributed by atoms with Crippen molar-refractivity contribution in [1.29, 1.82) is 0 Å². The molecular weight excluding hydrogens is 187 g/mol. The van der Waals surface area contributed by atoms with Crippen molar-refractivity contribution in [2.24, 2.45) is 0 Å². The molecule has 0 atom stereocenters. The van der Waals surface area contributed by atoms with Gasteiger partial charge in [-0.15, -0.1) is 0 Å². The predicted octanol–water partition coefficient (Wildman–Crippen LogP) is 2.85. The Morgan fingerprint density at radius 2 is 1.57 bits per heavy atom. The third-order valence-electron chi connectivity index (χ3n) is 2.40. The van der Waals surface area contributed by atoms with Crippen molar-refractivity contribution in [3.05, 3.63) is 42.5 Å². The number of rotatable bonds is 0. The summed E-state index contributed by atoms with van der Waals surface area (Å²) in [5.41, 5.74) is 0. The zero-order valence-electron chi connectivity index (χ0n) is 7.53. The number of hydrogen-bond donors (Lipinski definition) is 0. The largest absolute Gasteiger partial charge is 0.152 e. The van der Waals surface area contributed by atoms with E-state index in [-0.39, 0.29) is 0 Å². The fourth-order valence-electron chi connectivity index (χ4n) is 1.75. The summed E-state index contributed by atoms with van der Waals surface area (Å²) in [7, 11) is 5.77. The fourth-order valence-corrected chi connectivity index (χ4v) is 2.61. The van der Waals surface area contributed by atoms with Crippen molar-refractivity contribution < 1.29 is 0 Å². The van der Waals surface area contributed by atoms with Crippen molar-refractivity contribution in [3.8, 4) is 0 Å². The van der Waals surface area contributed by atoms with E-state index in [1.54, 1.807) is 11.3 Å². The van der Waals surface area contributed by atoms with Crippen LogP contribution in [0.4, 0.5) is 0 Å². The van der Waals surface area contributed by atoms with Crippen LogP contribution in [0.25, 0.3) is 20.9 Å². The summed E-state index contributed by atoms with van der Waals surface area (Å²) in [5, 5.41) is 3.80. The minimum absolute atomic E-state index is 0.885. The molecule has 14 heavy (non-hydrogen) atoms. The lowest BCUT2D eigenvalue weighted by Gasteiger charge is -1.96. The predicted molar refractivity (Wildman–Crippen MR) is 64.7 cm³/mol. The maximum atomic E-state index is 5.77. The van der Waals surface area contributed by atoms with Crippen LogP contribution < -0.4 is 4.78 Å². The van der Waals surface area contributed by atoms with Crippen LogP contribution in [0, 0.1) is 0 Å². The lowest BCUT2D eigenvalue weighted by atomic mass is 10.1. The molecule has 2 radical (unpaired) electrons. The lowest BCUT2D eigenvalue weighted by Crippen LogP contribution is -1.88. The van der Waals surface area contributed by atoms with Crippen molar-refractivity contribution in [3.63, 3.8) is 0 Å². The topological polar surface area (TPSA) is 0 Å². The Bertz CT molecular complexity index is 557. The summed E-state index contributed by atoms with van der Waals surface area (Å²) in [6.07, 6.45) is 0. The van der Waals surface area contributed by atoms with Gasteiger partial charge in [0.15, 0.2) is 0 Å². The summed E-state index contributed by atoms with van der Waals surface area (Å²) >= 11 is 1.64. The Balaban J connectivity index is 2.51. The number of fused-ring (bicyclic) bond motifs is 2. The summed E-state index contributed by atoms with van der Waals surface area (Å²) in [5.74, 6) is 0. The third-order valence-corrected chi connectivity index (χ3v) is 3.33. The highest BCUT2D eigenvalue weighted by Crippen LogP contribution is 2.25. The Morgan fingerprint density at radius 3 is 2.36 bits per heavy atom. The average molecular weight is 194 g/mol. The van der Waals surface area contributed by atoms with Gasteiger partial charge in [-0.25, -0.2) is 0 Å². The second-order valence-electron chi connectivity index (χ2n) is 3.39. The van der Waals surface area contributed by atoms with Gasteiger partial charge in [0.2, 0.25) is 0 Å². The van der Waals surface area contributed by atoms with Gasteiger partial charge >= 0.3 is 0 Å². The molecule has 0 saturated carbocycles. The first-order valence-electron chi connectivity index (χ1n) is 4.51. The average Bonchev–Trinajstić information content (AvgIpc) is 2.53. The Hall–Kier alpha value is -1.28. The molecule has 0 N–H and O–H groups in total. The molecule has 3 rings (SSSR count). The first kappa shape index (κ1) is 8.07. The molecule has 0 spiro atoms. The van der Waals surface area contributed by atoms with Crippen molar-refractivity contribution in [2.45, 2.75) is 0 Å². The van der Waals surface area contributed by atoms with E-state index in [9.17, 15) is 0 Å².